The molecule has 0 aliphatic carbocycles. The van der Waals surface area contributed by atoms with E-state index in [0.29, 0.717) is 11.3 Å². The van der Waals surface area contributed by atoms with Gasteiger partial charge in [0.2, 0.25) is 0 Å². The fourth-order valence-corrected chi connectivity index (χ4v) is 1.78. The first-order valence-corrected chi connectivity index (χ1v) is 6.27. The van der Waals surface area contributed by atoms with Crippen molar-refractivity contribution in [1.29, 1.82) is 0 Å². The number of ether oxygens (including phenoxy) is 1. The highest BCUT2D eigenvalue weighted by Crippen LogP contribution is 2.16. The summed E-state index contributed by atoms with van der Waals surface area (Å²) in [5.41, 5.74) is 4.09. The van der Waals surface area contributed by atoms with Crippen molar-refractivity contribution in [1.82, 2.24) is 9.97 Å². The average Bonchev–Trinajstić information content (AvgIpc) is 2.42. The third-order valence-corrected chi connectivity index (χ3v) is 3.15. The van der Waals surface area contributed by atoms with E-state index < -0.39 is 0 Å². The summed E-state index contributed by atoms with van der Waals surface area (Å²) in [5.74, 6) is -0.228. The number of rotatable bonds is 3. The van der Waals surface area contributed by atoms with Crippen LogP contribution in [0.4, 0.5) is 5.69 Å². The topological polar surface area (TPSA) is 64.1 Å². The maximum absolute atomic E-state index is 12.2. The number of carbonyl (C=O) groups excluding carboxylic acids is 1. The zero-order valence-corrected chi connectivity index (χ0v) is 12.0. The Bertz CT molecular complexity index is 654. The molecule has 1 aromatic heterocycles. The molecule has 0 saturated carbocycles. The Hall–Kier alpha value is -2.43. The van der Waals surface area contributed by atoms with Gasteiger partial charge in [0.25, 0.3) is 5.91 Å². The number of aryl methyl sites for hydroxylation is 3. The van der Waals surface area contributed by atoms with Gasteiger partial charge in [0, 0.05) is 11.9 Å². The van der Waals surface area contributed by atoms with Crippen molar-refractivity contribution in [2.75, 3.05) is 12.4 Å². The van der Waals surface area contributed by atoms with Crippen LogP contribution in [0.3, 0.4) is 0 Å². The van der Waals surface area contributed by atoms with Crippen molar-refractivity contribution in [3.8, 4) is 6.01 Å². The number of nitrogens with zero attached hydrogens (tertiary/aromatic N) is 2. The van der Waals surface area contributed by atoms with Crippen molar-refractivity contribution < 1.29 is 9.53 Å². The van der Waals surface area contributed by atoms with Gasteiger partial charge in [-0.05, 0) is 44.0 Å². The molecule has 0 radical (unpaired) electrons. The predicted octanol–water partition coefficient (Wildman–Crippen LogP) is 2.66. The van der Waals surface area contributed by atoms with Gasteiger partial charge in [0.05, 0.1) is 18.4 Å². The Labute approximate surface area is 118 Å². The summed E-state index contributed by atoms with van der Waals surface area (Å²) >= 11 is 0. The largest absolute Gasteiger partial charge is 0.467 e. The Balaban J connectivity index is 2.21. The summed E-state index contributed by atoms with van der Waals surface area (Å²) in [6.45, 7) is 5.79. The van der Waals surface area contributed by atoms with Gasteiger partial charge < -0.3 is 10.1 Å². The van der Waals surface area contributed by atoms with Crippen molar-refractivity contribution >= 4 is 11.6 Å². The lowest BCUT2D eigenvalue weighted by Crippen LogP contribution is -2.15. The predicted molar refractivity (Wildman–Crippen MR) is 77.2 cm³/mol. The lowest BCUT2D eigenvalue weighted by molar-refractivity contribution is 0.102. The van der Waals surface area contributed by atoms with Crippen molar-refractivity contribution in [2.24, 2.45) is 0 Å². The Morgan fingerprint density at radius 1 is 1.20 bits per heavy atom. The molecule has 5 nitrogen and oxygen atoms in total. The standard InChI is InChI=1S/C15H17N3O2/c1-9-5-6-12(7-10(9)2)18-14(19)13-8-16-15(20-4)17-11(13)3/h5-8H,1-4H3,(H,18,19). The minimum atomic E-state index is -0.228. The molecule has 20 heavy (non-hydrogen) atoms. The molecule has 1 aromatic carbocycles. The van der Waals surface area contributed by atoms with Crippen LogP contribution in [-0.2, 0) is 0 Å². The van der Waals surface area contributed by atoms with E-state index in [2.05, 4.69) is 15.3 Å². The number of anilines is 1. The number of aromatic nitrogens is 2. The van der Waals surface area contributed by atoms with Crippen LogP contribution in [-0.4, -0.2) is 23.0 Å². The molecular weight excluding hydrogens is 254 g/mol. The molecular formula is C15H17N3O2. The third-order valence-electron chi connectivity index (χ3n) is 3.15. The van der Waals surface area contributed by atoms with Gasteiger partial charge in [-0.3, -0.25) is 4.79 Å². The quantitative estimate of drug-likeness (QED) is 0.932. The highest BCUT2D eigenvalue weighted by molar-refractivity contribution is 6.04. The van der Waals surface area contributed by atoms with E-state index >= 15 is 0 Å². The molecule has 5 heteroatoms. The Morgan fingerprint density at radius 3 is 2.55 bits per heavy atom. The lowest BCUT2D eigenvalue weighted by Gasteiger charge is -2.09. The second kappa shape index (κ2) is 5.69. The average molecular weight is 271 g/mol. The summed E-state index contributed by atoms with van der Waals surface area (Å²) in [4.78, 5) is 20.2. The molecule has 2 rings (SSSR count). The molecule has 0 saturated heterocycles. The van der Waals surface area contributed by atoms with E-state index in [1.807, 2.05) is 32.0 Å². The van der Waals surface area contributed by atoms with Gasteiger partial charge >= 0.3 is 6.01 Å². The van der Waals surface area contributed by atoms with Crippen LogP contribution in [0.15, 0.2) is 24.4 Å². The molecule has 0 aliphatic heterocycles. The van der Waals surface area contributed by atoms with E-state index in [4.69, 9.17) is 4.74 Å². The second-order valence-corrected chi connectivity index (χ2v) is 4.61. The van der Waals surface area contributed by atoms with E-state index in [1.165, 1.54) is 18.9 Å². The molecule has 0 fully saturated rings. The van der Waals surface area contributed by atoms with Gasteiger partial charge in [-0.15, -0.1) is 0 Å². The number of hydrogen-bond donors (Lipinski definition) is 1. The number of amides is 1. The minimum Gasteiger partial charge on any atom is -0.467 e. The first kappa shape index (κ1) is 14.0. The first-order chi connectivity index (χ1) is 9.51. The molecule has 1 N–H and O–H groups in total. The number of nitrogens with one attached hydrogen (secondary N) is 1. The van der Waals surface area contributed by atoms with Crippen LogP contribution < -0.4 is 10.1 Å². The zero-order valence-electron chi connectivity index (χ0n) is 12.0. The van der Waals surface area contributed by atoms with Gasteiger partial charge in [-0.2, -0.15) is 4.98 Å². The normalized spacial score (nSPS) is 10.2. The van der Waals surface area contributed by atoms with Gasteiger partial charge in [0.15, 0.2) is 0 Å². The summed E-state index contributed by atoms with van der Waals surface area (Å²) in [7, 11) is 1.49. The van der Waals surface area contributed by atoms with Crippen molar-refractivity contribution in [2.45, 2.75) is 20.8 Å². The highest BCUT2D eigenvalue weighted by atomic mass is 16.5. The molecule has 0 bridgehead atoms. The fourth-order valence-electron chi connectivity index (χ4n) is 1.78. The minimum absolute atomic E-state index is 0.228. The summed E-state index contributed by atoms with van der Waals surface area (Å²) in [6, 6.07) is 6.04. The van der Waals surface area contributed by atoms with Crippen molar-refractivity contribution in [3.63, 3.8) is 0 Å². The van der Waals surface area contributed by atoms with Gasteiger partial charge in [0.1, 0.15) is 0 Å². The van der Waals surface area contributed by atoms with Gasteiger partial charge in [-0.25, -0.2) is 4.98 Å². The van der Waals surface area contributed by atoms with Crippen LogP contribution in [0.1, 0.15) is 27.2 Å². The second-order valence-electron chi connectivity index (χ2n) is 4.61. The van der Waals surface area contributed by atoms with Crippen LogP contribution in [0.2, 0.25) is 0 Å². The third kappa shape index (κ3) is 2.93. The smallest absolute Gasteiger partial charge is 0.316 e. The number of methoxy groups -OCH3 is 1. The molecule has 0 aliphatic rings. The molecule has 2 aromatic rings. The number of hydrogen-bond acceptors (Lipinski definition) is 4. The number of carbonyl (C=O) groups is 1. The van der Waals surface area contributed by atoms with Gasteiger partial charge in [-0.1, -0.05) is 6.07 Å². The summed E-state index contributed by atoms with van der Waals surface area (Å²) in [5, 5.41) is 2.84. The van der Waals surface area contributed by atoms with E-state index in [9.17, 15) is 4.79 Å². The molecule has 0 unspecified atom stereocenters. The summed E-state index contributed by atoms with van der Waals surface area (Å²) in [6.07, 6.45) is 1.47. The molecule has 1 heterocycles. The van der Waals surface area contributed by atoms with Crippen LogP contribution in [0.5, 0.6) is 6.01 Å². The maximum Gasteiger partial charge on any atom is 0.316 e. The zero-order chi connectivity index (χ0) is 14.7. The van der Waals surface area contributed by atoms with E-state index in [0.717, 1.165) is 11.3 Å². The molecule has 104 valence electrons. The fraction of sp³-hybridized carbons (Fsp3) is 0.267. The van der Waals surface area contributed by atoms with Crippen LogP contribution in [0.25, 0.3) is 0 Å². The monoisotopic (exact) mass is 271 g/mol. The van der Waals surface area contributed by atoms with Crippen LogP contribution in [0, 0.1) is 20.8 Å². The molecule has 1 amide bonds. The highest BCUT2D eigenvalue weighted by Gasteiger charge is 2.12. The SMILES string of the molecule is COc1ncc(C(=O)Nc2ccc(C)c(C)c2)c(C)n1. The summed E-state index contributed by atoms with van der Waals surface area (Å²) < 4.78 is 4.92. The maximum atomic E-state index is 12.2. The van der Waals surface area contributed by atoms with E-state index in [1.54, 1.807) is 6.92 Å². The van der Waals surface area contributed by atoms with Crippen molar-refractivity contribution in [3.05, 3.63) is 46.8 Å². The first-order valence-electron chi connectivity index (χ1n) is 6.27. The van der Waals surface area contributed by atoms with Crippen LogP contribution >= 0.6 is 0 Å². The molecule has 0 spiro atoms. The Morgan fingerprint density at radius 2 is 1.95 bits per heavy atom. The Kier molecular flexibility index (Phi) is 3.98. The number of benzene rings is 1. The lowest BCUT2D eigenvalue weighted by atomic mass is 10.1. The van der Waals surface area contributed by atoms with E-state index in [-0.39, 0.29) is 11.9 Å². The molecule has 0 atom stereocenters.